The monoisotopic (exact) mass is 259 g/mol. The van der Waals surface area contributed by atoms with Gasteiger partial charge in [0.1, 0.15) is 17.2 Å². The fourth-order valence-electron chi connectivity index (χ4n) is 1.62. The maximum atomic E-state index is 13.3. The first-order valence-electron chi connectivity index (χ1n) is 5.46. The van der Waals surface area contributed by atoms with Crippen LogP contribution >= 0.6 is 11.6 Å². The van der Waals surface area contributed by atoms with Crippen LogP contribution in [0, 0.1) is 17.6 Å². The lowest BCUT2D eigenvalue weighted by atomic mass is 10.2. The van der Waals surface area contributed by atoms with Crippen molar-refractivity contribution in [2.75, 3.05) is 6.54 Å². The van der Waals surface area contributed by atoms with E-state index in [1.54, 1.807) is 0 Å². The normalized spacial score (nSPS) is 16.6. The summed E-state index contributed by atoms with van der Waals surface area (Å²) in [5.74, 6) is -2.06. The van der Waals surface area contributed by atoms with Crippen molar-refractivity contribution in [2.45, 2.75) is 18.2 Å². The number of halogens is 3. The first-order valence-corrected chi connectivity index (χ1v) is 5.89. The van der Waals surface area contributed by atoms with Crippen molar-refractivity contribution in [3.63, 3.8) is 0 Å². The van der Waals surface area contributed by atoms with Gasteiger partial charge in [-0.2, -0.15) is 0 Å². The topological polar surface area (TPSA) is 29.1 Å². The molecule has 0 aromatic heterocycles. The van der Waals surface area contributed by atoms with E-state index in [1.165, 1.54) is 6.07 Å². The summed E-state index contributed by atoms with van der Waals surface area (Å²) < 4.78 is 26.5. The smallest absolute Gasteiger partial charge is 0.257 e. The zero-order chi connectivity index (χ0) is 12.4. The van der Waals surface area contributed by atoms with Crippen LogP contribution in [0.3, 0.4) is 0 Å². The van der Waals surface area contributed by atoms with Crippen molar-refractivity contribution in [2.24, 2.45) is 5.92 Å². The van der Waals surface area contributed by atoms with Crippen molar-refractivity contribution in [3.05, 3.63) is 35.4 Å². The predicted molar refractivity (Wildman–Crippen MR) is 61.1 cm³/mol. The minimum absolute atomic E-state index is 0.159. The summed E-state index contributed by atoms with van der Waals surface area (Å²) in [6.07, 6.45) is 2.11. The second-order valence-corrected chi connectivity index (χ2v) is 4.72. The molecule has 1 amide bonds. The maximum absolute atomic E-state index is 13.3. The number of hydrogen-bond acceptors (Lipinski definition) is 1. The summed E-state index contributed by atoms with van der Waals surface area (Å²) in [6, 6.07) is 3.32. The van der Waals surface area contributed by atoms with E-state index in [9.17, 15) is 13.6 Å². The Hall–Kier alpha value is -1.16. The molecule has 2 rings (SSSR count). The molecule has 1 fully saturated rings. The van der Waals surface area contributed by atoms with Gasteiger partial charge in [-0.3, -0.25) is 4.79 Å². The lowest BCUT2D eigenvalue weighted by molar-refractivity contribution is 0.0944. The molecule has 1 aliphatic carbocycles. The molecule has 5 heteroatoms. The molecule has 92 valence electrons. The third-order valence-electron chi connectivity index (χ3n) is 2.78. The Kier molecular flexibility index (Phi) is 3.62. The Morgan fingerprint density at radius 2 is 2.00 bits per heavy atom. The average Bonchev–Trinajstić information content (AvgIpc) is 3.09. The van der Waals surface area contributed by atoms with Gasteiger partial charge in [0.2, 0.25) is 0 Å². The molecule has 1 atom stereocenters. The average molecular weight is 260 g/mol. The summed E-state index contributed by atoms with van der Waals surface area (Å²) in [4.78, 5) is 11.6. The third kappa shape index (κ3) is 2.94. The highest BCUT2D eigenvalue weighted by molar-refractivity contribution is 6.21. The first-order chi connectivity index (χ1) is 8.09. The second-order valence-electron chi connectivity index (χ2n) is 4.16. The van der Waals surface area contributed by atoms with E-state index in [0.717, 1.165) is 25.0 Å². The molecule has 0 aliphatic heterocycles. The number of carbonyl (C=O) groups excluding carboxylic acids is 1. The van der Waals surface area contributed by atoms with Crippen LogP contribution in [0.1, 0.15) is 23.2 Å². The largest absolute Gasteiger partial charge is 0.350 e. The molecule has 17 heavy (non-hydrogen) atoms. The van der Waals surface area contributed by atoms with E-state index in [1.807, 2.05) is 0 Å². The molecule has 2 nitrogen and oxygen atoms in total. The number of hydrogen-bond donors (Lipinski definition) is 1. The van der Waals surface area contributed by atoms with Gasteiger partial charge in [-0.1, -0.05) is 6.07 Å². The Labute approximate surface area is 103 Å². The van der Waals surface area contributed by atoms with Gasteiger partial charge in [-0.05, 0) is 30.9 Å². The van der Waals surface area contributed by atoms with Crippen LogP contribution in [0.4, 0.5) is 8.78 Å². The van der Waals surface area contributed by atoms with Gasteiger partial charge in [0.05, 0.1) is 5.38 Å². The molecule has 1 aromatic rings. The predicted octanol–water partition coefficient (Wildman–Crippen LogP) is 2.71. The number of alkyl halides is 1. The number of carbonyl (C=O) groups is 1. The summed E-state index contributed by atoms with van der Waals surface area (Å²) in [7, 11) is 0. The van der Waals surface area contributed by atoms with Crippen molar-refractivity contribution >= 4 is 17.5 Å². The minimum Gasteiger partial charge on any atom is -0.350 e. The molecule has 1 saturated carbocycles. The Morgan fingerprint density at radius 1 is 1.41 bits per heavy atom. The molecule has 0 saturated heterocycles. The van der Waals surface area contributed by atoms with E-state index >= 15 is 0 Å². The maximum Gasteiger partial charge on any atom is 0.257 e. The van der Waals surface area contributed by atoms with Gasteiger partial charge in [0.15, 0.2) is 0 Å². The molecule has 1 aliphatic rings. The minimum atomic E-state index is -0.861. The van der Waals surface area contributed by atoms with Crippen molar-refractivity contribution < 1.29 is 13.6 Å². The molecule has 0 radical (unpaired) electrons. The van der Waals surface area contributed by atoms with Crippen LogP contribution in [0.25, 0.3) is 0 Å². The number of benzene rings is 1. The fraction of sp³-hybridized carbons (Fsp3) is 0.417. The second kappa shape index (κ2) is 5.00. The number of amides is 1. The van der Waals surface area contributed by atoms with Gasteiger partial charge < -0.3 is 5.32 Å². The van der Waals surface area contributed by atoms with Gasteiger partial charge in [0, 0.05) is 6.54 Å². The van der Waals surface area contributed by atoms with E-state index < -0.39 is 23.1 Å². The molecular weight excluding hydrogens is 248 g/mol. The molecular formula is C12H12ClF2NO. The molecule has 1 unspecified atom stereocenters. The fourth-order valence-corrected chi connectivity index (χ4v) is 1.95. The first kappa shape index (κ1) is 12.3. The zero-order valence-corrected chi connectivity index (χ0v) is 9.81. The molecule has 0 spiro atoms. The van der Waals surface area contributed by atoms with E-state index in [0.29, 0.717) is 5.92 Å². The summed E-state index contributed by atoms with van der Waals surface area (Å²) in [5.41, 5.74) is -0.549. The highest BCUT2D eigenvalue weighted by Crippen LogP contribution is 2.35. The van der Waals surface area contributed by atoms with E-state index in [-0.39, 0.29) is 11.9 Å². The van der Waals surface area contributed by atoms with Gasteiger partial charge in [-0.15, -0.1) is 11.6 Å². The highest BCUT2D eigenvalue weighted by Gasteiger charge is 2.30. The SMILES string of the molecule is O=C(NCC(Cl)C1CC1)c1c(F)cccc1F. The van der Waals surface area contributed by atoms with Gasteiger partial charge >= 0.3 is 0 Å². The lowest BCUT2D eigenvalue weighted by Gasteiger charge is -2.10. The summed E-state index contributed by atoms with van der Waals surface area (Å²) in [5, 5.41) is 2.29. The molecule has 1 aromatic carbocycles. The standard InChI is InChI=1S/C12H12ClF2NO/c13-8(7-4-5-7)6-16-12(17)11-9(14)2-1-3-10(11)15/h1-3,7-8H,4-6H2,(H,16,17). The van der Waals surface area contributed by atoms with E-state index in [4.69, 9.17) is 11.6 Å². The third-order valence-corrected chi connectivity index (χ3v) is 3.29. The zero-order valence-electron chi connectivity index (χ0n) is 9.05. The molecule has 0 bridgehead atoms. The van der Waals surface area contributed by atoms with Crippen molar-refractivity contribution in [1.82, 2.24) is 5.32 Å². The quantitative estimate of drug-likeness (QED) is 0.828. The Morgan fingerprint density at radius 3 is 2.53 bits per heavy atom. The summed E-state index contributed by atoms with van der Waals surface area (Å²) >= 11 is 5.99. The van der Waals surface area contributed by atoms with Crippen molar-refractivity contribution in [3.8, 4) is 0 Å². The van der Waals surface area contributed by atoms with Crippen LogP contribution in [-0.4, -0.2) is 17.8 Å². The van der Waals surface area contributed by atoms with Crippen LogP contribution in [0.15, 0.2) is 18.2 Å². The van der Waals surface area contributed by atoms with Crippen LogP contribution < -0.4 is 5.32 Å². The Balaban J connectivity index is 1.99. The number of nitrogens with one attached hydrogen (secondary N) is 1. The van der Waals surface area contributed by atoms with Crippen molar-refractivity contribution in [1.29, 1.82) is 0 Å². The van der Waals surface area contributed by atoms with Gasteiger partial charge in [-0.25, -0.2) is 8.78 Å². The van der Waals surface area contributed by atoms with Crippen LogP contribution in [-0.2, 0) is 0 Å². The lowest BCUT2D eigenvalue weighted by Crippen LogP contribution is -2.31. The van der Waals surface area contributed by atoms with Crippen LogP contribution in [0.5, 0.6) is 0 Å². The number of rotatable bonds is 4. The Bertz CT molecular complexity index is 414. The van der Waals surface area contributed by atoms with Gasteiger partial charge in [0.25, 0.3) is 5.91 Å². The molecule has 1 N–H and O–H groups in total. The highest BCUT2D eigenvalue weighted by atomic mass is 35.5. The van der Waals surface area contributed by atoms with E-state index in [2.05, 4.69) is 5.32 Å². The molecule has 0 heterocycles. The van der Waals surface area contributed by atoms with Crippen LogP contribution in [0.2, 0.25) is 0 Å². The summed E-state index contributed by atoms with van der Waals surface area (Å²) in [6.45, 7) is 0.235.